The number of hydrogen-bond donors (Lipinski definition) is 1. The number of non-ortho nitro benzene ring substituents is 1. The van der Waals surface area contributed by atoms with Crippen LogP contribution in [-0.4, -0.2) is 10.1 Å². The van der Waals surface area contributed by atoms with E-state index in [4.69, 9.17) is 10.3 Å². The molecule has 0 fully saturated rings. The highest BCUT2D eigenvalue weighted by atomic mass is 79.9. The summed E-state index contributed by atoms with van der Waals surface area (Å²) in [7, 11) is 0. The van der Waals surface area contributed by atoms with Crippen molar-refractivity contribution in [3.8, 4) is 11.3 Å². The molecule has 8 heteroatoms. The molecule has 17 heavy (non-hydrogen) atoms. The summed E-state index contributed by atoms with van der Waals surface area (Å²) in [5.74, 6) is -0.608. The van der Waals surface area contributed by atoms with Gasteiger partial charge in [0.2, 0.25) is 0 Å². The van der Waals surface area contributed by atoms with Gasteiger partial charge >= 0.3 is 0 Å². The maximum atomic E-state index is 13.6. The lowest BCUT2D eigenvalue weighted by Gasteiger charge is -1.99. The molecule has 88 valence electrons. The SMILES string of the molecule is Nc1noc(-c2ccc([N+](=O)[O-])cc2F)c1Br. The summed E-state index contributed by atoms with van der Waals surface area (Å²) in [6.07, 6.45) is 0. The van der Waals surface area contributed by atoms with Crippen LogP contribution < -0.4 is 5.73 Å². The summed E-state index contributed by atoms with van der Waals surface area (Å²) in [5.41, 5.74) is 5.13. The van der Waals surface area contributed by atoms with E-state index in [1.54, 1.807) is 0 Å². The second kappa shape index (κ2) is 4.13. The van der Waals surface area contributed by atoms with Gasteiger partial charge in [-0.25, -0.2) is 4.39 Å². The van der Waals surface area contributed by atoms with Gasteiger partial charge in [-0.15, -0.1) is 0 Å². The first-order valence-electron chi connectivity index (χ1n) is 4.35. The van der Waals surface area contributed by atoms with Gasteiger partial charge in [0, 0.05) is 6.07 Å². The van der Waals surface area contributed by atoms with Crippen LogP contribution in [0.15, 0.2) is 27.2 Å². The van der Waals surface area contributed by atoms with Gasteiger partial charge in [-0.2, -0.15) is 0 Å². The predicted octanol–water partition coefficient (Wildman–Crippen LogP) is 2.73. The molecule has 0 aliphatic rings. The smallest absolute Gasteiger partial charge is 0.272 e. The molecule has 2 rings (SSSR count). The molecule has 1 aromatic heterocycles. The van der Waals surface area contributed by atoms with Crippen molar-refractivity contribution >= 4 is 27.4 Å². The third kappa shape index (κ3) is 1.98. The lowest BCUT2D eigenvalue weighted by atomic mass is 10.1. The van der Waals surface area contributed by atoms with Crippen LogP contribution in [0.2, 0.25) is 0 Å². The van der Waals surface area contributed by atoms with Crippen molar-refractivity contribution < 1.29 is 13.8 Å². The minimum atomic E-state index is -0.781. The third-order valence-electron chi connectivity index (χ3n) is 2.07. The zero-order valence-electron chi connectivity index (χ0n) is 8.18. The van der Waals surface area contributed by atoms with Gasteiger partial charge in [-0.3, -0.25) is 10.1 Å². The molecular formula is C9H5BrFN3O3. The van der Waals surface area contributed by atoms with Crippen LogP contribution >= 0.6 is 15.9 Å². The number of nitro groups is 1. The van der Waals surface area contributed by atoms with Crippen LogP contribution in [-0.2, 0) is 0 Å². The van der Waals surface area contributed by atoms with Gasteiger partial charge in [-0.05, 0) is 22.0 Å². The second-order valence-corrected chi connectivity index (χ2v) is 3.93. The van der Waals surface area contributed by atoms with Crippen LogP contribution in [0.3, 0.4) is 0 Å². The Morgan fingerprint density at radius 3 is 2.71 bits per heavy atom. The Hall–Kier alpha value is -1.96. The van der Waals surface area contributed by atoms with Crippen molar-refractivity contribution in [3.05, 3.63) is 38.6 Å². The molecule has 0 bridgehead atoms. The Labute approximate surface area is 102 Å². The highest BCUT2D eigenvalue weighted by molar-refractivity contribution is 9.10. The van der Waals surface area contributed by atoms with Gasteiger partial charge in [0.05, 0.1) is 16.6 Å². The number of nitro benzene ring substituents is 1. The number of rotatable bonds is 2. The van der Waals surface area contributed by atoms with E-state index < -0.39 is 10.7 Å². The lowest BCUT2D eigenvalue weighted by molar-refractivity contribution is -0.385. The standard InChI is InChI=1S/C9H5BrFN3O3/c10-7-8(17-13-9(7)12)5-2-1-4(14(15)16)3-6(5)11/h1-3H,(H2,12,13). The predicted molar refractivity (Wildman–Crippen MR) is 60.7 cm³/mol. The summed E-state index contributed by atoms with van der Waals surface area (Å²) in [6.45, 7) is 0. The van der Waals surface area contributed by atoms with Crippen LogP contribution in [0.25, 0.3) is 11.3 Å². The van der Waals surface area contributed by atoms with Gasteiger partial charge in [-0.1, -0.05) is 5.16 Å². The third-order valence-corrected chi connectivity index (χ3v) is 2.83. The Balaban J connectivity index is 2.54. The fraction of sp³-hybridized carbons (Fsp3) is 0. The zero-order chi connectivity index (χ0) is 12.6. The molecule has 0 aliphatic heterocycles. The summed E-state index contributed by atoms with van der Waals surface area (Å²) >= 11 is 3.09. The van der Waals surface area contributed by atoms with Crippen molar-refractivity contribution in [2.24, 2.45) is 0 Å². The van der Waals surface area contributed by atoms with E-state index in [0.29, 0.717) is 4.47 Å². The van der Waals surface area contributed by atoms with Crippen molar-refractivity contribution in [2.45, 2.75) is 0 Å². The van der Waals surface area contributed by atoms with Crippen LogP contribution in [0.4, 0.5) is 15.9 Å². The highest BCUT2D eigenvalue weighted by Crippen LogP contribution is 2.34. The lowest BCUT2D eigenvalue weighted by Crippen LogP contribution is -1.91. The molecule has 0 amide bonds. The minimum absolute atomic E-state index is 0.0478. The minimum Gasteiger partial charge on any atom is -0.380 e. The first-order valence-corrected chi connectivity index (χ1v) is 5.15. The Kier molecular flexibility index (Phi) is 2.80. The van der Waals surface area contributed by atoms with Crippen LogP contribution in [0.5, 0.6) is 0 Å². The number of nitrogens with two attached hydrogens (primary N) is 1. The number of halogens is 2. The molecule has 1 heterocycles. The van der Waals surface area contributed by atoms with E-state index in [1.807, 2.05) is 0 Å². The number of aromatic nitrogens is 1. The largest absolute Gasteiger partial charge is 0.380 e. The van der Waals surface area contributed by atoms with E-state index in [1.165, 1.54) is 12.1 Å². The molecule has 0 saturated heterocycles. The van der Waals surface area contributed by atoms with Gasteiger partial charge < -0.3 is 10.3 Å². The molecule has 0 radical (unpaired) electrons. The average Bonchev–Trinajstić information content (AvgIpc) is 2.60. The van der Waals surface area contributed by atoms with E-state index >= 15 is 0 Å². The molecular weight excluding hydrogens is 297 g/mol. The maximum absolute atomic E-state index is 13.6. The summed E-state index contributed by atoms with van der Waals surface area (Å²) in [5, 5.41) is 13.9. The summed E-state index contributed by atoms with van der Waals surface area (Å²) in [6, 6.07) is 3.21. The highest BCUT2D eigenvalue weighted by Gasteiger charge is 2.19. The first kappa shape index (κ1) is 11.5. The van der Waals surface area contributed by atoms with Gasteiger partial charge in [0.25, 0.3) is 5.69 Å². The number of nitrogens with zero attached hydrogens (tertiary/aromatic N) is 2. The van der Waals surface area contributed by atoms with Crippen molar-refractivity contribution in [2.75, 3.05) is 5.73 Å². The second-order valence-electron chi connectivity index (χ2n) is 3.13. The van der Waals surface area contributed by atoms with E-state index in [9.17, 15) is 14.5 Å². The fourth-order valence-corrected chi connectivity index (χ4v) is 1.62. The monoisotopic (exact) mass is 301 g/mol. The quantitative estimate of drug-likeness (QED) is 0.679. The molecule has 6 nitrogen and oxygen atoms in total. The first-order chi connectivity index (χ1) is 8.00. The fourth-order valence-electron chi connectivity index (χ4n) is 1.26. The Morgan fingerprint density at radius 1 is 1.53 bits per heavy atom. The molecule has 1 aromatic carbocycles. The van der Waals surface area contributed by atoms with Gasteiger partial charge in [0.15, 0.2) is 11.6 Å². The summed E-state index contributed by atoms with van der Waals surface area (Å²) in [4.78, 5) is 9.76. The van der Waals surface area contributed by atoms with E-state index in [0.717, 1.165) is 6.07 Å². The van der Waals surface area contributed by atoms with Crippen molar-refractivity contribution in [1.82, 2.24) is 5.16 Å². The topological polar surface area (TPSA) is 95.2 Å². The molecule has 0 spiro atoms. The van der Waals surface area contributed by atoms with Crippen molar-refractivity contribution in [1.29, 1.82) is 0 Å². The zero-order valence-corrected chi connectivity index (χ0v) is 9.77. The number of benzene rings is 1. The van der Waals surface area contributed by atoms with E-state index in [-0.39, 0.29) is 22.8 Å². The van der Waals surface area contributed by atoms with Crippen molar-refractivity contribution in [3.63, 3.8) is 0 Å². The number of hydrogen-bond acceptors (Lipinski definition) is 5. The molecule has 0 saturated carbocycles. The normalized spacial score (nSPS) is 10.5. The molecule has 0 aliphatic carbocycles. The summed E-state index contributed by atoms with van der Waals surface area (Å²) < 4.78 is 18.8. The maximum Gasteiger partial charge on any atom is 0.272 e. The Bertz CT molecular complexity index is 599. The van der Waals surface area contributed by atoms with E-state index in [2.05, 4.69) is 21.1 Å². The van der Waals surface area contributed by atoms with Crippen LogP contribution in [0, 0.1) is 15.9 Å². The molecule has 2 aromatic rings. The van der Waals surface area contributed by atoms with Gasteiger partial charge in [0.1, 0.15) is 10.3 Å². The average molecular weight is 302 g/mol. The molecule has 0 unspecified atom stereocenters. The van der Waals surface area contributed by atoms with Crippen LogP contribution in [0.1, 0.15) is 0 Å². The molecule has 0 atom stereocenters. The number of anilines is 1. The molecule has 2 N–H and O–H groups in total. The Morgan fingerprint density at radius 2 is 2.24 bits per heavy atom. The number of nitrogen functional groups attached to an aromatic ring is 1.